The van der Waals surface area contributed by atoms with E-state index in [1.165, 1.54) is 0 Å². The largest absolute Gasteiger partial charge is 0.318 e. The number of nitrogens with zero attached hydrogens (tertiary/aromatic N) is 1. The second-order valence-electron chi connectivity index (χ2n) is 3.22. The van der Waals surface area contributed by atoms with Crippen molar-refractivity contribution in [2.75, 3.05) is 4.90 Å². The lowest BCUT2D eigenvalue weighted by Gasteiger charge is -2.19. The van der Waals surface area contributed by atoms with Gasteiger partial charge in [0.15, 0.2) is 0 Å². The van der Waals surface area contributed by atoms with Crippen LogP contribution in [-0.2, 0) is 0 Å². The van der Waals surface area contributed by atoms with E-state index in [2.05, 4.69) is 35.7 Å². The van der Waals surface area contributed by atoms with Gasteiger partial charge in [-0.25, -0.2) is 0 Å². The van der Waals surface area contributed by atoms with Crippen molar-refractivity contribution in [3.05, 3.63) is 73.4 Å². The van der Waals surface area contributed by atoms with Gasteiger partial charge in [0.05, 0.1) is 0 Å². The quantitative estimate of drug-likeness (QED) is 0.716. The standard InChI is InChI=1S/C14H13N/c1-2-15(13-9-5-3-6-10-13)14-11-7-4-8-12-14/h2-12H,1H2. The summed E-state index contributed by atoms with van der Waals surface area (Å²) >= 11 is 0. The molecule has 15 heavy (non-hydrogen) atoms. The summed E-state index contributed by atoms with van der Waals surface area (Å²) < 4.78 is 0. The predicted octanol–water partition coefficient (Wildman–Crippen LogP) is 3.97. The molecule has 0 spiro atoms. The molecule has 0 heterocycles. The number of hydrogen-bond acceptors (Lipinski definition) is 1. The van der Waals surface area contributed by atoms with Crippen molar-refractivity contribution >= 4 is 11.4 Å². The molecule has 74 valence electrons. The molecule has 0 radical (unpaired) electrons. The third-order valence-electron chi connectivity index (χ3n) is 2.25. The van der Waals surface area contributed by atoms with Crippen LogP contribution in [0.4, 0.5) is 11.4 Å². The number of anilines is 2. The smallest absolute Gasteiger partial charge is 0.0455 e. The highest BCUT2D eigenvalue weighted by Crippen LogP contribution is 2.24. The SMILES string of the molecule is C=CN(c1ccccc1)c1ccccc1. The highest BCUT2D eigenvalue weighted by molar-refractivity contribution is 5.65. The van der Waals surface area contributed by atoms with E-state index in [1.54, 1.807) is 0 Å². The first-order valence-electron chi connectivity index (χ1n) is 4.94. The van der Waals surface area contributed by atoms with Crippen LogP contribution in [0.1, 0.15) is 0 Å². The van der Waals surface area contributed by atoms with E-state index < -0.39 is 0 Å². The Kier molecular flexibility index (Phi) is 2.84. The molecular formula is C14H13N. The number of para-hydroxylation sites is 2. The number of rotatable bonds is 3. The molecule has 0 N–H and O–H groups in total. The average Bonchev–Trinajstić information content (AvgIpc) is 2.33. The van der Waals surface area contributed by atoms with Crippen LogP contribution in [0.15, 0.2) is 73.4 Å². The fraction of sp³-hybridized carbons (Fsp3) is 0. The third-order valence-corrected chi connectivity index (χ3v) is 2.25. The van der Waals surface area contributed by atoms with Crippen molar-refractivity contribution in [1.29, 1.82) is 0 Å². The average molecular weight is 195 g/mol. The van der Waals surface area contributed by atoms with E-state index in [0.717, 1.165) is 11.4 Å². The lowest BCUT2D eigenvalue weighted by molar-refractivity contribution is 1.29. The molecule has 0 aliphatic carbocycles. The van der Waals surface area contributed by atoms with Crippen molar-refractivity contribution < 1.29 is 0 Å². The van der Waals surface area contributed by atoms with Gasteiger partial charge in [0.25, 0.3) is 0 Å². The molecule has 2 rings (SSSR count). The molecule has 0 saturated heterocycles. The van der Waals surface area contributed by atoms with Crippen LogP contribution in [0, 0.1) is 0 Å². The highest BCUT2D eigenvalue weighted by atomic mass is 15.1. The van der Waals surface area contributed by atoms with E-state index in [9.17, 15) is 0 Å². The summed E-state index contributed by atoms with van der Waals surface area (Å²) in [7, 11) is 0. The number of hydrogen-bond donors (Lipinski definition) is 0. The first-order chi connectivity index (χ1) is 7.42. The minimum atomic E-state index is 1.12. The van der Waals surface area contributed by atoms with E-state index in [0.29, 0.717) is 0 Å². The third kappa shape index (κ3) is 2.08. The summed E-state index contributed by atoms with van der Waals surface area (Å²) in [5.41, 5.74) is 2.25. The Balaban J connectivity index is 2.38. The van der Waals surface area contributed by atoms with Gasteiger partial charge in [-0.15, -0.1) is 0 Å². The fourth-order valence-corrected chi connectivity index (χ4v) is 1.54. The molecule has 0 aliphatic heterocycles. The van der Waals surface area contributed by atoms with Gasteiger partial charge in [-0.3, -0.25) is 0 Å². The van der Waals surface area contributed by atoms with E-state index in [-0.39, 0.29) is 0 Å². The molecule has 0 bridgehead atoms. The first-order valence-corrected chi connectivity index (χ1v) is 4.94. The van der Waals surface area contributed by atoms with Gasteiger partial charge in [0.2, 0.25) is 0 Å². The summed E-state index contributed by atoms with van der Waals surface area (Å²) in [4.78, 5) is 2.06. The van der Waals surface area contributed by atoms with Crippen LogP contribution in [-0.4, -0.2) is 0 Å². The molecule has 0 aliphatic rings. The molecule has 0 amide bonds. The molecule has 0 fully saturated rings. The van der Waals surface area contributed by atoms with Gasteiger partial charge in [-0.2, -0.15) is 0 Å². The van der Waals surface area contributed by atoms with Crippen LogP contribution in [0.3, 0.4) is 0 Å². The van der Waals surface area contributed by atoms with Crippen molar-refractivity contribution in [2.45, 2.75) is 0 Å². The van der Waals surface area contributed by atoms with Crippen LogP contribution in [0.2, 0.25) is 0 Å². The maximum absolute atomic E-state index is 3.84. The Labute approximate surface area is 90.3 Å². The Morgan fingerprint density at radius 1 is 0.733 bits per heavy atom. The molecule has 0 atom stereocenters. The van der Waals surface area contributed by atoms with Crippen molar-refractivity contribution in [3.8, 4) is 0 Å². The monoisotopic (exact) mass is 195 g/mol. The van der Waals surface area contributed by atoms with Crippen LogP contribution >= 0.6 is 0 Å². The molecule has 0 saturated carbocycles. The summed E-state index contributed by atoms with van der Waals surface area (Å²) in [6, 6.07) is 20.4. The highest BCUT2D eigenvalue weighted by Gasteiger charge is 2.02. The molecule has 1 nitrogen and oxygen atoms in total. The second-order valence-corrected chi connectivity index (χ2v) is 3.22. The minimum Gasteiger partial charge on any atom is -0.318 e. The van der Waals surface area contributed by atoms with Crippen LogP contribution < -0.4 is 4.90 Å². The van der Waals surface area contributed by atoms with E-state index >= 15 is 0 Å². The van der Waals surface area contributed by atoms with Crippen LogP contribution in [0.5, 0.6) is 0 Å². The van der Waals surface area contributed by atoms with E-state index in [4.69, 9.17) is 0 Å². The van der Waals surface area contributed by atoms with Gasteiger partial charge >= 0.3 is 0 Å². The summed E-state index contributed by atoms with van der Waals surface area (Å²) in [5.74, 6) is 0. The molecule has 0 unspecified atom stereocenters. The molecular weight excluding hydrogens is 182 g/mol. The maximum Gasteiger partial charge on any atom is 0.0455 e. The van der Waals surface area contributed by atoms with Crippen molar-refractivity contribution in [3.63, 3.8) is 0 Å². The van der Waals surface area contributed by atoms with Crippen LogP contribution in [0.25, 0.3) is 0 Å². The topological polar surface area (TPSA) is 3.24 Å². The zero-order chi connectivity index (χ0) is 10.5. The zero-order valence-electron chi connectivity index (χ0n) is 8.51. The molecule has 2 aromatic rings. The lowest BCUT2D eigenvalue weighted by atomic mass is 10.2. The van der Waals surface area contributed by atoms with Gasteiger partial charge in [0, 0.05) is 17.6 Å². The summed E-state index contributed by atoms with van der Waals surface area (Å²) in [5, 5.41) is 0. The summed E-state index contributed by atoms with van der Waals surface area (Å²) in [6.45, 7) is 3.84. The second kappa shape index (κ2) is 4.47. The Morgan fingerprint density at radius 3 is 1.47 bits per heavy atom. The zero-order valence-corrected chi connectivity index (χ0v) is 8.51. The van der Waals surface area contributed by atoms with Crippen molar-refractivity contribution in [1.82, 2.24) is 0 Å². The summed E-state index contributed by atoms with van der Waals surface area (Å²) in [6.07, 6.45) is 1.82. The van der Waals surface area contributed by atoms with Gasteiger partial charge in [-0.1, -0.05) is 43.0 Å². The minimum absolute atomic E-state index is 1.12. The number of benzene rings is 2. The maximum atomic E-state index is 3.84. The Hall–Kier alpha value is -2.02. The van der Waals surface area contributed by atoms with Gasteiger partial charge in [0.1, 0.15) is 0 Å². The molecule has 1 heteroatoms. The fourth-order valence-electron chi connectivity index (χ4n) is 1.54. The Morgan fingerprint density at radius 2 is 1.13 bits per heavy atom. The van der Waals surface area contributed by atoms with Crippen molar-refractivity contribution in [2.24, 2.45) is 0 Å². The molecule has 0 aromatic heterocycles. The van der Waals surface area contributed by atoms with E-state index in [1.807, 2.05) is 42.6 Å². The normalized spacial score (nSPS) is 9.60. The van der Waals surface area contributed by atoms with Gasteiger partial charge in [-0.05, 0) is 24.3 Å². The molecule has 2 aromatic carbocycles. The lowest BCUT2D eigenvalue weighted by Crippen LogP contribution is -2.06. The first kappa shape index (κ1) is 9.53. The van der Waals surface area contributed by atoms with Gasteiger partial charge < -0.3 is 4.90 Å². The predicted molar refractivity (Wildman–Crippen MR) is 65.2 cm³/mol. The Bertz CT molecular complexity index is 380.